The van der Waals surface area contributed by atoms with Crippen LogP contribution in [0.4, 0.5) is 5.69 Å². The maximum absolute atomic E-state index is 12.5. The van der Waals surface area contributed by atoms with Crippen LogP contribution in [0.3, 0.4) is 0 Å². The first kappa shape index (κ1) is 19.4. The van der Waals surface area contributed by atoms with Gasteiger partial charge in [-0.15, -0.1) is 0 Å². The van der Waals surface area contributed by atoms with Gasteiger partial charge in [-0.25, -0.2) is 0 Å². The highest BCUT2D eigenvalue weighted by Gasteiger charge is 2.25. The standard InChI is InChI=1S/C19H27N3O5/c23-19(20-7-3-1-4-8-21-9-5-2-6-10-21)16-13-15(22(24)25)14-17-18(16)27-12-11-26-17/h13-14H,1-12H2,(H,20,23). The molecule has 2 aliphatic rings. The van der Waals surface area contributed by atoms with Crippen molar-refractivity contribution in [3.8, 4) is 11.5 Å². The number of ether oxygens (including phenoxy) is 2. The van der Waals surface area contributed by atoms with Gasteiger partial charge in [-0.1, -0.05) is 12.8 Å². The number of hydrogen-bond acceptors (Lipinski definition) is 6. The van der Waals surface area contributed by atoms with E-state index in [1.807, 2.05) is 0 Å². The summed E-state index contributed by atoms with van der Waals surface area (Å²) < 4.78 is 10.9. The van der Waals surface area contributed by atoms with E-state index in [2.05, 4.69) is 10.2 Å². The summed E-state index contributed by atoms with van der Waals surface area (Å²) >= 11 is 0. The lowest BCUT2D eigenvalue weighted by Crippen LogP contribution is -2.30. The van der Waals surface area contributed by atoms with E-state index >= 15 is 0 Å². The summed E-state index contributed by atoms with van der Waals surface area (Å²) in [5, 5.41) is 13.9. The van der Waals surface area contributed by atoms with Crippen LogP contribution in [0.5, 0.6) is 11.5 Å². The molecule has 0 unspecified atom stereocenters. The van der Waals surface area contributed by atoms with Gasteiger partial charge in [0.15, 0.2) is 11.5 Å². The molecule has 0 radical (unpaired) electrons. The zero-order chi connectivity index (χ0) is 19.1. The summed E-state index contributed by atoms with van der Waals surface area (Å²) in [5.41, 5.74) is -0.0156. The molecule has 0 aromatic heterocycles. The minimum Gasteiger partial charge on any atom is -0.486 e. The van der Waals surface area contributed by atoms with Gasteiger partial charge in [-0.05, 0) is 45.3 Å². The molecular weight excluding hydrogens is 350 g/mol. The third kappa shape index (κ3) is 5.32. The van der Waals surface area contributed by atoms with Crippen molar-refractivity contribution in [1.29, 1.82) is 0 Å². The van der Waals surface area contributed by atoms with Crippen molar-refractivity contribution in [1.82, 2.24) is 10.2 Å². The number of nitro benzene ring substituents is 1. The molecule has 2 heterocycles. The molecule has 27 heavy (non-hydrogen) atoms. The minimum atomic E-state index is -0.532. The number of nitrogens with one attached hydrogen (secondary N) is 1. The van der Waals surface area contributed by atoms with E-state index in [9.17, 15) is 14.9 Å². The molecule has 1 fully saturated rings. The van der Waals surface area contributed by atoms with Gasteiger partial charge in [0.05, 0.1) is 16.6 Å². The molecule has 1 amide bonds. The topological polar surface area (TPSA) is 93.9 Å². The Morgan fingerprint density at radius 2 is 1.89 bits per heavy atom. The van der Waals surface area contributed by atoms with Crippen molar-refractivity contribution < 1.29 is 19.2 Å². The molecular formula is C19H27N3O5. The summed E-state index contributed by atoms with van der Waals surface area (Å²) in [5.74, 6) is 0.174. The highest BCUT2D eigenvalue weighted by molar-refractivity contribution is 5.98. The zero-order valence-corrected chi connectivity index (χ0v) is 15.6. The van der Waals surface area contributed by atoms with Crippen LogP contribution in [0.25, 0.3) is 0 Å². The molecule has 2 aliphatic heterocycles. The van der Waals surface area contributed by atoms with E-state index in [-0.39, 0.29) is 28.7 Å². The number of unbranched alkanes of at least 4 members (excludes halogenated alkanes) is 2. The number of benzene rings is 1. The van der Waals surface area contributed by atoms with Gasteiger partial charge in [-0.3, -0.25) is 14.9 Å². The van der Waals surface area contributed by atoms with Gasteiger partial charge < -0.3 is 19.7 Å². The second-order valence-electron chi connectivity index (χ2n) is 6.99. The predicted molar refractivity (Wildman–Crippen MR) is 101 cm³/mol. The summed E-state index contributed by atoms with van der Waals surface area (Å²) in [6.45, 7) is 4.70. The Bertz CT molecular complexity index is 674. The maximum Gasteiger partial charge on any atom is 0.274 e. The number of nitro groups is 1. The molecule has 0 aliphatic carbocycles. The number of rotatable bonds is 8. The molecule has 0 saturated carbocycles. The molecule has 0 atom stereocenters. The Balaban J connectivity index is 1.47. The number of piperidine rings is 1. The first-order valence-corrected chi connectivity index (χ1v) is 9.74. The lowest BCUT2D eigenvalue weighted by molar-refractivity contribution is -0.385. The van der Waals surface area contributed by atoms with Crippen molar-refractivity contribution in [2.45, 2.75) is 38.5 Å². The number of non-ortho nitro benzene ring substituents is 1. The second kappa shape index (κ2) is 9.55. The molecule has 1 aromatic rings. The largest absolute Gasteiger partial charge is 0.486 e. The van der Waals surface area contributed by atoms with Crippen molar-refractivity contribution in [3.63, 3.8) is 0 Å². The third-order valence-corrected chi connectivity index (χ3v) is 4.97. The number of amides is 1. The van der Waals surface area contributed by atoms with Gasteiger partial charge in [0, 0.05) is 12.6 Å². The molecule has 0 spiro atoms. The van der Waals surface area contributed by atoms with Gasteiger partial charge in [-0.2, -0.15) is 0 Å². The Morgan fingerprint density at radius 3 is 2.67 bits per heavy atom. The first-order valence-electron chi connectivity index (χ1n) is 9.74. The van der Waals surface area contributed by atoms with Crippen LogP contribution in [-0.4, -0.2) is 55.1 Å². The van der Waals surface area contributed by atoms with Crippen molar-refractivity contribution in [2.24, 2.45) is 0 Å². The van der Waals surface area contributed by atoms with Gasteiger partial charge in [0.2, 0.25) is 0 Å². The van der Waals surface area contributed by atoms with Crippen LogP contribution in [0.2, 0.25) is 0 Å². The average Bonchev–Trinajstić information content (AvgIpc) is 2.70. The van der Waals surface area contributed by atoms with Crippen LogP contribution in [0.1, 0.15) is 48.9 Å². The highest BCUT2D eigenvalue weighted by atomic mass is 16.6. The van der Waals surface area contributed by atoms with Crippen molar-refractivity contribution in [3.05, 3.63) is 27.8 Å². The number of carbonyl (C=O) groups is 1. The SMILES string of the molecule is O=C(NCCCCCN1CCCCC1)c1cc([N+](=O)[O-])cc2c1OCCO2. The predicted octanol–water partition coefficient (Wildman–Crippen LogP) is 2.75. The third-order valence-electron chi connectivity index (χ3n) is 4.97. The molecule has 8 heteroatoms. The summed E-state index contributed by atoms with van der Waals surface area (Å²) in [4.78, 5) is 25.6. The second-order valence-corrected chi connectivity index (χ2v) is 6.99. The summed E-state index contributed by atoms with van der Waals surface area (Å²) in [6, 6.07) is 2.55. The highest BCUT2D eigenvalue weighted by Crippen LogP contribution is 2.37. The van der Waals surface area contributed by atoms with Crippen molar-refractivity contribution >= 4 is 11.6 Å². The molecule has 8 nitrogen and oxygen atoms in total. The lowest BCUT2D eigenvalue weighted by atomic mass is 10.1. The fourth-order valence-electron chi connectivity index (χ4n) is 3.53. The Morgan fingerprint density at radius 1 is 1.11 bits per heavy atom. The Kier molecular flexibility index (Phi) is 6.86. The fourth-order valence-corrected chi connectivity index (χ4v) is 3.53. The number of likely N-dealkylation sites (tertiary alicyclic amines) is 1. The first-order chi connectivity index (χ1) is 13.1. The van der Waals surface area contributed by atoms with Crippen LogP contribution in [0.15, 0.2) is 12.1 Å². The quantitative estimate of drug-likeness (QED) is 0.425. The monoisotopic (exact) mass is 377 g/mol. The van der Waals surface area contributed by atoms with E-state index in [4.69, 9.17) is 9.47 Å². The van der Waals surface area contributed by atoms with Gasteiger partial charge in [0.1, 0.15) is 13.2 Å². The fraction of sp³-hybridized carbons (Fsp3) is 0.632. The number of nitrogens with zero attached hydrogens (tertiary/aromatic N) is 2. The van der Waals surface area contributed by atoms with Crippen LogP contribution >= 0.6 is 0 Å². The van der Waals surface area contributed by atoms with Crippen LogP contribution < -0.4 is 14.8 Å². The summed E-state index contributed by atoms with van der Waals surface area (Å²) in [6.07, 6.45) is 7.00. The molecule has 1 saturated heterocycles. The lowest BCUT2D eigenvalue weighted by Gasteiger charge is -2.26. The van der Waals surface area contributed by atoms with E-state index in [1.165, 1.54) is 44.5 Å². The van der Waals surface area contributed by atoms with Gasteiger partial charge >= 0.3 is 0 Å². The minimum absolute atomic E-state index is 0.159. The number of carbonyl (C=O) groups excluding carboxylic acids is 1. The molecule has 1 aromatic carbocycles. The molecule has 1 N–H and O–H groups in total. The van der Waals surface area contributed by atoms with Crippen LogP contribution in [-0.2, 0) is 0 Å². The van der Waals surface area contributed by atoms with E-state index in [1.54, 1.807) is 0 Å². The van der Waals surface area contributed by atoms with E-state index in [0.29, 0.717) is 19.8 Å². The van der Waals surface area contributed by atoms with Gasteiger partial charge in [0.25, 0.3) is 11.6 Å². The van der Waals surface area contributed by atoms with E-state index < -0.39 is 4.92 Å². The van der Waals surface area contributed by atoms with E-state index in [0.717, 1.165) is 25.8 Å². The molecule has 148 valence electrons. The zero-order valence-electron chi connectivity index (χ0n) is 15.6. The summed E-state index contributed by atoms with van der Waals surface area (Å²) in [7, 11) is 0. The average molecular weight is 377 g/mol. The molecule has 3 rings (SSSR count). The Labute approximate surface area is 159 Å². The maximum atomic E-state index is 12.5. The molecule has 0 bridgehead atoms. The Hall–Kier alpha value is -2.35. The van der Waals surface area contributed by atoms with Crippen LogP contribution in [0, 0.1) is 10.1 Å². The normalized spacial score (nSPS) is 16.7. The number of hydrogen-bond donors (Lipinski definition) is 1. The van der Waals surface area contributed by atoms with Crippen molar-refractivity contribution in [2.75, 3.05) is 39.4 Å². The smallest absolute Gasteiger partial charge is 0.274 e. The number of fused-ring (bicyclic) bond motifs is 1.